The molecule has 1 aliphatic rings. The van der Waals surface area contributed by atoms with Crippen LogP contribution >= 0.6 is 11.3 Å². The van der Waals surface area contributed by atoms with Gasteiger partial charge in [-0.2, -0.15) is 0 Å². The molecule has 0 bridgehead atoms. The SMILES string of the molecule is CCOCC(=O)N1CCCCC1c1nc2ccccc2s1. The lowest BCUT2D eigenvalue weighted by atomic mass is 10.0. The second kappa shape index (κ2) is 6.54. The molecule has 0 saturated carbocycles. The van der Waals surface area contributed by atoms with E-state index in [1.54, 1.807) is 11.3 Å². The largest absolute Gasteiger partial charge is 0.372 e. The predicted octanol–water partition coefficient (Wildman–Crippen LogP) is 3.39. The van der Waals surface area contributed by atoms with E-state index < -0.39 is 0 Å². The third kappa shape index (κ3) is 3.09. The predicted molar refractivity (Wildman–Crippen MR) is 84.4 cm³/mol. The van der Waals surface area contributed by atoms with Gasteiger partial charge in [-0.3, -0.25) is 4.79 Å². The molecule has 0 aliphatic carbocycles. The number of likely N-dealkylation sites (tertiary alicyclic amines) is 1. The number of para-hydroxylation sites is 1. The molecule has 4 nitrogen and oxygen atoms in total. The monoisotopic (exact) mass is 304 g/mol. The van der Waals surface area contributed by atoms with Crippen LogP contribution in [0.1, 0.15) is 37.2 Å². The van der Waals surface area contributed by atoms with Crippen LogP contribution in [0.4, 0.5) is 0 Å². The zero-order chi connectivity index (χ0) is 14.7. The molecule has 1 atom stereocenters. The molecule has 3 rings (SSSR count). The highest BCUT2D eigenvalue weighted by molar-refractivity contribution is 7.18. The smallest absolute Gasteiger partial charge is 0.249 e. The van der Waals surface area contributed by atoms with Crippen molar-refractivity contribution in [3.05, 3.63) is 29.3 Å². The van der Waals surface area contributed by atoms with Crippen LogP contribution in [-0.2, 0) is 9.53 Å². The summed E-state index contributed by atoms with van der Waals surface area (Å²) in [5, 5.41) is 1.06. The highest BCUT2D eigenvalue weighted by Gasteiger charge is 2.30. The zero-order valence-corrected chi connectivity index (χ0v) is 13.1. The van der Waals surface area contributed by atoms with Crippen molar-refractivity contribution in [2.45, 2.75) is 32.2 Å². The number of hydrogen-bond donors (Lipinski definition) is 0. The Morgan fingerprint density at radius 3 is 3.10 bits per heavy atom. The Bertz CT molecular complexity index is 593. The lowest BCUT2D eigenvalue weighted by Gasteiger charge is -2.34. The standard InChI is InChI=1S/C16H20N2O2S/c1-2-20-11-15(19)18-10-6-5-8-13(18)16-17-12-7-3-4-9-14(12)21-16/h3-4,7,9,13H,2,5-6,8,10-11H2,1H3. The van der Waals surface area contributed by atoms with Gasteiger partial charge in [-0.15, -0.1) is 11.3 Å². The van der Waals surface area contributed by atoms with Crippen molar-refractivity contribution in [1.29, 1.82) is 0 Å². The Morgan fingerprint density at radius 1 is 1.43 bits per heavy atom. The van der Waals surface area contributed by atoms with E-state index in [-0.39, 0.29) is 18.6 Å². The summed E-state index contributed by atoms with van der Waals surface area (Å²) in [6.07, 6.45) is 3.22. The minimum atomic E-state index is 0.0841. The maximum Gasteiger partial charge on any atom is 0.249 e. The molecule has 0 radical (unpaired) electrons. The number of nitrogens with zero attached hydrogens (tertiary/aromatic N) is 2. The van der Waals surface area contributed by atoms with Gasteiger partial charge in [0.15, 0.2) is 0 Å². The van der Waals surface area contributed by atoms with E-state index >= 15 is 0 Å². The highest BCUT2D eigenvalue weighted by Crippen LogP contribution is 2.35. The molecule has 1 aromatic heterocycles. The van der Waals surface area contributed by atoms with Crippen molar-refractivity contribution >= 4 is 27.5 Å². The molecule has 112 valence electrons. The molecule has 21 heavy (non-hydrogen) atoms. The van der Waals surface area contributed by atoms with Gasteiger partial charge < -0.3 is 9.64 Å². The number of carbonyl (C=O) groups is 1. The minimum absolute atomic E-state index is 0.0841. The Morgan fingerprint density at radius 2 is 2.29 bits per heavy atom. The normalized spacial score (nSPS) is 19.1. The molecule has 1 saturated heterocycles. The maximum absolute atomic E-state index is 12.3. The Labute approximate surface area is 128 Å². The van der Waals surface area contributed by atoms with Gasteiger partial charge in [0.25, 0.3) is 0 Å². The van der Waals surface area contributed by atoms with Crippen LogP contribution in [0.25, 0.3) is 10.2 Å². The number of hydrogen-bond acceptors (Lipinski definition) is 4. The molecule has 1 fully saturated rings. The van der Waals surface area contributed by atoms with Crippen LogP contribution in [0.5, 0.6) is 0 Å². The number of thiazole rings is 1. The van der Waals surface area contributed by atoms with Gasteiger partial charge in [0.05, 0.1) is 16.3 Å². The summed E-state index contributed by atoms with van der Waals surface area (Å²) in [4.78, 5) is 19.0. The highest BCUT2D eigenvalue weighted by atomic mass is 32.1. The number of rotatable bonds is 4. The van der Waals surface area contributed by atoms with Crippen LogP contribution in [-0.4, -0.2) is 35.5 Å². The number of carbonyl (C=O) groups excluding carboxylic acids is 1. The second-order valence-electron chi connectivity index (χ2n) is 5.26. The van der Waals surface area contributed by atoms with Crippen molar-refractivity contribution in [3.63, 3.8) is 0 Å². The van der Waals surface area contributed by atoms with E-state index in [9.17, 15) is 4.79 Å². The first-order valence-electron chi connectivity index (χ1n) is 7.52. The fraction of sp³-hybridized carbons (Fsp3) is 0.500. The molecule has 1 aliphatic heterocycles. The van der Waals surface area contributed by atoms with Gasteiger partial charge in [-0.05, 0) is 38.3 Å². The molecular weight excluding hydrogens is 284 g/mol. The number of piperidine rings is 1. The molecule has 2 heterocycles. The summed E-state index contributed by atoms with van der Waals surface area (Å²) in [6.45, 7) is 3.48. The quantitative estimate of drug-likeness (QED) is 0.869. The van der Waals surface area contributed by atoms with Gasteiger partial charge in [0.2, 0.25) is 5.91 Å². The molecule has 2 aromatic rings. The second-order valence-corrected chi connectivity index (χ2v) is 6.32. The summed E-state index contributed by atoms with van der Waals surface area (Å²) >= 11 is 1.70. The fourth-order valence-electron chi connectivity index (χ4n) is 2.79. The van der Waals surface area contributed by atoms with E-state index in [2.05, 4.69) is 6.07 Å². The Balaban J connectivity index is 1.84. The third-order valence-corrected chi connectivity index (χ3v) is 4.99. The van der Waals surface area contributed by atoms with Crippen molar-refractivity contribution in [2.75, 3.05) is 19.8 Å². The Hall–Kier alpha value is -1.46. The summed E-state index contributed by atoms with van der Waals surface area (Å²) in [7, 11) is 0. The van der Waals surface area contributed by atoms with Gasteiger partial charge in [0.1, 0.15) is 11.6 Å². The van der Waals surface area contributed by atoms with Crippen LogP contribution in [0.15, 0.2) is 24.3 Å². The topological polar surface area (TPSA) is 42.4 Å². The molecule has 0 spiro atoms. The third-order valence-electron chi connectivity index (χ3n) is 3.85. The van der Waals surface area contributed by atoms with E-state index in [0.717, 1.165) is 36.3 Å². The van der Waals surface area contributed by atoms with Crippen molar-refractivity contribution in [2.24, 2.45) is 0 Å². The first-order chi connectivity index (χ1) is 10.3. The van der Waals surface area contributed by atoms with Crippen molar-refractivity contribution < 1.29 is 9.53 Å². The van der Waals surface area contributed by atoms with Crippen LogP contribution in [0, 0.1) is 0 Å². The minimum Gasteiger partial charge on any atom is -0.372 e. The number of benzene rings is 1. The summed E-state index contributed by atoms with van der Waals surface area (Å²) < 4.78 is 6.47. The van der Waals surface area contributed by atoms with Crippen molar-refractivity contribution in [3.8, 4) is 0 Å². The molecule has 1 aromatic carbocycles. The van der Waals surface area contributed by atoms with Gasteiger partial charge in [-0.1, -0.05) is 12.1 Å². The van der Waals surface area contributed by atoms with Gasteiger partial charge >= 0.3 is 0 Å². The van der Waals surface area contributed by atoms with Crippen molar-refractivity contribution in [1.82, 2.24) is 9.88 Å². The first-order valence-corrected chi connectivity index (χ1v) is 8.34. The first kappa shape index (κ1) is 14.5. The molecule has 5 heteroatoms. The van der Waals surface area contributed by atoms with Gasteiger partial charge in [0, 0.05) is 13.2 Å². The number of ether oxygens (including phenoxy) is 1. The van der Waals surface area contributed by atoms with Crippen LogP contribution in [0.2, 0.25) is 0 Å². The lowest BCUT2D eigenvalue weighted by Crippen LogP contribution is -2.40. The molecule has 0 N–H and O–H groups in total. The van der Waals surface area contributed by atoms with Gasteiger partial charge in [-0.25, -0.2) is 4.98 Å². The summed E-state index contributed by atoms with van der Waals surface area (Å²) in [6, 6.07) is 8.27. The van der Waals surface area contributed by atoms with E-state index in [1.165, 1.54) is 4.70 Å². The zero-order valence-electron chi connectivity index (χ0n) is 12.2. The van der Waals surface area contributed by atoms with Crippen LogP contribution < -0.4 is 0 Å². The average molecular weight is 304 g/mol. The molecular formula is C16H20N2O2S. The molecule has 1 unspecified atom stereocenters. The molecule has 1 amide bonds. The maximum atomic E-state index is 12.3. The Kier molecular flexibility index (Phi) is 4.51. The summed E-state index contributed by atoms with van der Waals surface area (Å²) in [5.41, 5.74) is 1.03. The van der Waals surface area contributed by atoms with Crippen LogP contribution in [0.3, 0.4) is 0 Å². The van der Waals surface area contributed by atoms with E-state index in [1.807, 2.05) is 30.0 Å². The number of fused-ring (bicyclic) bond motifs is 1. The number of aromatic nitrogens is 1. The fourth-order valence-corrected chi connectivity index (χ4v) is 3.91. The van der Waals surface area contributed by atoms with E-state index in [0.29, 0.717) is 6.61 Å². The lowest BCUT2D eigenvalue weighted by molar-refractivity contribution is -0.139. The van der Waals surface area contributed by atoms with E-state index in [4.69, 9.17) is 9.72 Å². The summed E-state index contributed by atoms with van der Waals surface area (Å²) in [5.74, 6) is 0.0841. The number of amides is 1. The average Bonchev–Trinajstić information content (AvgIpc) is 2.96.